The third kappa shape index (κ3) is 1.47. The Balaban J connectivity index is 2.29. The van der Waals surface area contributed by atoms with Crippen molar-refractivity contribution in [3.8, 4) is 0 Å². The summed E-state index contributed by atoms with van der Waals surface area (Å²) in [5.74, 6) is -0.994. The molecule has 1 aromatic heterocycles. The second-order valence-electron chi connectivity index (χ2n) is 2.92. The lowest BCUT2D eigenvalue weighted by Gasteiger charge is -2.28. The Hall–Kier alpha value is -0.880. The molecule has 5 nitrogen and oxygen atoms in total. The molecule has 0 bridgehead atoms. The van der Waals surface area contributed by atoms with Gasteiger partial charge in [0.1, 0.15) is 0 Å². The number of nitrogens with zero attached hydrogens (tertiary/aromatic N) is 2. The van der Waals surface area contributed by atoms with Crippen molar-refractivity contribution in [2.24, 2.45) is 0 Å². The summed E-state index contributed by atoms with van der Waals surface area (Å²) in [5, 5.41) is 11.8. The standard InChI is InChI=1S/C7H8BrN3O2/c8-7-10-5(6(12)13)3-11(7)4-1-9-2-4/h3-4,9H,1-2H2,(H,12,13). The summed E-state index contributed by atoms with van der Waals surface area (Å²) in [6, 6.07) is 0.329. The molecule has 1 aliphatic heterocycles. The van der Waals surface area contributed by atoms with E-state index in [0.29, 0.717) is 10.8 Å². The van der Waals surface area contributed by atoms with Crippen molar-refractivity contribution in [3.63, 3.8) is 0 Å². The molecule has 0 saturated carbocycles. The summed E-state index contributed by atoms with van der Waals surface area (Å²) in [6.45, 7) is 1.74. The lowest BCUT2D eigenvalue weighted by Crippen LogP contribution is -2.43. The highest BCUT2D eigenvalue weighted by molar-refractivity contribution is 9.10. The highest BCUT2D eigenvalue weighted by atomic mass is 79.9. The summed E-state index contributed by atoms with van der Waals surface area (Å²) in [4.78, 5) is 14.4. The van der Waals surface area contributed by atoms with Crippen molar-refractivity contribution in [1.82, 2.24) is 14.9 Å². The maximum absolute atomic E-state index is 10.6. The van der Waals surface area contributed by atoms with Crippen LogP contribution in [-0.4, -0.2) is 33.7 Å². The van der Waals surface area contributed by atoms with E-state index in [1.165, 1.54) is 0 Å². The van der Waals surface area contributed by atoms with Gasteiger partial charge in [0, 0.05) is 19.3 Å². The maximum atomic E-state index is 10.6. The first-order valence-electron chi connectivity index (χ1n) is 3.87. The van der Waals surface area contributed by atoms with E-state index < -0.39 is 5.97 Å². The van der Waals surface area contributed by atoms with E-state index in [0.717, 1.165) is 13.1 Å². The molecule has 0 amide bonds. The van der Waals surface area contributed by atoms with E-state index in [-0.39, 0.29) is 5.69 Å². The van der Waals surface area contributed by atoms with Gasteiger partial charge in [-0.3, -0.25) is 0 Å². The number of imidazole rings is 1. The largest absolute Gasteiger partial charge is 0.476 e. The van der Waals surface area contributed by atoms with Crippen LogP contribution in [0, 0.1) is 0 Å². The zero-order chi connectivity index (χ0) is 9.42. The summed E-state index contributed by atoms with van der Waals surface area (Å²) in [6.07, 6.45) is 1.55. The maximum Gasteiger partial charge on any atom is 0.356 e. The molecule has 2 rings (SSSR count). The molecule has 1 aliphatic rings. The van der Waals surface area contributed by atoms with Gasteiger partial charge in [0.05, 0.1) is 6.04 Å². The van der Waals surface area contributed by atoms with E-state index in [4.69, 9.17) is 5.11 Å². The lowest BCUT2D eigenvalue weighted by molar-refractivity contribution is 0.0691. The number of hydrogen-bond acceptors (Lipinski definition) is 3. The quantitative estimate of drug-likeness (QED) is 0.796. The zero-order valence-electron chi connectivity index (χ0n) is 6.70. The Morgan fingerprint density at radius 2 is 2.46 bits per heavy atom. The number of carboxylic acid groups (broad SMARTS) is 1. The molecule has 0 unspecified atom stereocenters. The Morgan fingerprint density at radius 1 is 1.77 bits per heavy atom. The molecule has 2 N–H and O–H groups in total. The van der Waals surface area contributed by atoms with Gasteiger partial charge in [0.25, 0.3) is 0 Å². The van der Waals surface area contributed by atoms with Crippen LogP contribution in [0.1, 0.15) is 16.5 Å². The number of nitrogens with one attached hydrogen (secondary N) is 1. The third-order valence-corrected chi connectivity index (χ3v) is 2.65. The Bertz CT molecular complexity index is 346. The van der Waals surface area contributed by atoms with Gasteiger partial charge in [-0.25, -0.2) is 9.78 Å². The van der Waals surface area contributed by atoms with E-state index >= 15 is 0 Å². The number of halogens is 1. The van der Waals surface area contributed by atoms with Crippen molar-refractivity contribution in [1.29, 1.82) is 0 Å². The molecular weight excluding hydrogens is 238 g/mol. The zero-order valence-corrected chi connectivity index (χ0v) is 8.28. The second-order valence-corrected chi connectivity index (χ2v) is 3.63. The average Bonchev–Trinajstić information content (AvgIpc) is 2.29. The van der Waals surface area contributed by atoms with Crippen molar-refractivity contribution in [3.05, 3.63) is 16.6 Å². The van der Waals surface area contributed by atoms with Crippen LogP contribution in [0.5, 0.6) is 0 Å². The molecule has 1 saturated heterocycles. The minimum atomic E-state index is -0.994. The monoisotopic (exact) mass is 245 g/mol. The lowest BCUT2D eigenvalue weighted by atomic mass is 10.2. The first-order chi connectivity index (χ1) is 6.18. The molecule has 1 aromatic rings. The molecule has 2 heterocycles. The molecular formula is C7H8BrN3O2. The van der Waals surface area contributed by atoms with Crippen LogP contribution in [0.3, 0.4) is 0 Å². The number of aromatic nitrogens is 2. The van der Waals surface area contributed by atoms with Gasteiger partial charge in [-0.1, -0.05) is 0 Å². The summed E-state index contributed by atoms with van der Waals surface area (Å²) in [7, 11) is 0. The van der Waals surface area contributed by atoms with E-state index in [1.807, 2.05) is 4.57 Å². The van der Waals surface area contributed by atoms with Gasteiger partial charge in [0.2, 0.25) is 0 Å². The first kappa shape index (κ1) is 8.71. The van der Waals surface area contributed by atoms with Gasteiger partial charge in [-0.2, -0.15) is 0 Å². The Morgan fingerprint density at radius 3 is 2.85 bits per heavy atom. The van der Waals surface area contributed by atoms with Crippen molar-refractivity contribution in [2.75, 3.05) is 13.1 Å². The van der Waals surface area contributed by atoms with E-state index in [9.17, 15) is 4.79 Å². The topological polar surface area (TPSA) is 67.2 Å². The van der Waals surface area contributed by atoms with Crippen LogP contribution >= 0.6 is 15.9 Å². The summed E-state index contributed by atoms with van der Waals surface area (Å²) < 4.78 is 2.41. The molecule has 0 aromatic carbocycles. The number of aromatic carboxylic acids is 1. The predicted octanol–water partition coefficient (Wildman–Crippen LogP) is 0.488. The predicted molar refractivity (Wildman–Crippen MR) is 48.8 cm³/mol. The van der Waals surface area contributed by atoms with Crippen LogP contribution < -0.4 is 5.32 Å². The highest BCUT2D eigenvalue weighted by Gasteiger charge is 2.22. The first-order valence-corrected chi connectivity index (χ1v) is 4.66. The number of carbonyl (C=O) groups is 1. The molecule has 0 atom stereocenters. The fourth-order valence-corrected chi connectivity index (χ4v) is 1.78. The fourth-order valence-electron chi connectivity index (χ4n) is 1.20. The molecule has 0 spiro atoms. The Labute approximate surface area is 82.9 Å². The third-order valence-electron chi connectivity index (χ3n) is 2.06. The number of carboxylic acids is 1. The molecule has 13 heavy (non-hydrogen) atoms. The average molecular weight is 246 g/mol. The van der Waals surface area contributed by atoms with Crippen molar-refractivity contribution in [2.45, 2.75) is 6.04 Å². The van der Waals surface area contributed by atoms with Crippen LogP contribution in [0.2, 0.25) is 0 Å². The van der Waals surface area contributed by atoms with E-state index in [2.05, 4.69) is 26.2 Å². The number of hydrogen-bond donors (Lipinski definition) is 2. The minimum absolute atomic E-state index is 0.0822. The van der Waals surface area contributed by atoms with Gasteiger partial charge in [-0.15, -0.1) is 0 Å². The van der Waals surface area contributed by atoms with Crippen molar-refractivity contribution >= 4 is 21.9 Å². The molecule has 0 aliphatic carbocycles. The Kier molecular flexibility index (Phi) is 2.09. The fraction of sp³-hybridized carbons (Fsp3) is 0.429. The van der Waals surface area contributed by atoms with Gasteiger partial charge < -0.3 is 15.0 Å². The SMILES string of the molecule is O=C(O)c1cn(C2CNC2)c(Br)n1. The van der Waals surface area contributed by atoms with Crippen LogP contribution in [0.25, 0.3) is 0 Å². The van der Waals surface area contributed by atoms with Crippen molar-refractivity contribution < 1.29 is 9.90 Å². The number of rotatable bonds is 2. The van der Waals surface area contributed by atoms with Crippen LogP contribution in [0.4, 0.5) is 0 Å². The summed E-state index contributed by atoms with van der Waals surface area (Å²) in [5.41, 5.74) is 0.0822. The molecule has 6 heteroatoms. The van der Waals surface area contributed by atoms with E-state index in [1.54, 1.807) is 6.20 Å². The second kappa shape index (κ2) is 3.12. The molecule has 0 radical (unpaired) electrons. The van der Waals surface area contributed by atoms with Gasteiger partial charge >= 0.3 is 5.97 Å². The smallest absolute Gasteiger partial charge is 0.356 e. The highest BCUT2D eigenvalue weighted by Crippen LogP contribution is 2.19. The van der Waals surface area contributed by atoms with Crippen LogP contribution in [-0.2, 0) is 0 Å². The normalized spacial score (nSPS) is 17.0. The molecule has 70 valence electrons. The van der Waals surface area contributed by atoms with Gasteiger partial charge in [-0.05, 0) is 15.9 Å². The van der Waals surface area contributed by atoms with Gasteiger partial charge in [0.15, 0.2) is 10.4 Å². The minimum Gasteiger partial charge on any atom is -0.476 e. The molecule has 1 fully saturated rings. The summed E-state index contributed by atoms with van der Waals surface area (Å²) >= 11 is 3.22. The van der Waals surface area contributed by atoms with Crippen LogP contribution in [0.15, 0.2) is 10.9 Å².